The van der Waals surface area contributed by atoms with Gasteiger partial charge in [0.1, 0.15) is 5.82 Å². The minimum absolute atomic E-state index is 0.113. The summed E-state index contributed by atoms with van der Waals surface area (Å²) in [7, 11) is 0. The first kappa shape index (κ1) is 19.1. The fourth-order valence-electron chi connectivity index (χ4n) is 4.07. The summed E-state index contributed by atoms with van der Waals surface area (Å²) in [6.07, 6.45) is 2.11. The van der Waals surface area contributed by atoms with Crippen molar-refractivity contribution in [3.8, 4) is 0 Å². The minimum atomic E-state index is -0.653. The molecule has 1 saturated heterocycles. The average molecular weight is 395 g/mol. The molecule has 0 aromatic heterocycles. The fraction of sp³-hybridized carbons (Fsp3) is 0.318. The Morgan fingerprint density at radius 2 is 1.45 bits per heavy atom. The highest BCUT2D eigenvalue weighted by atomic mass is 19.1. The van der Waals surface area contributed by atoms with Crippen LogP contribution in [0.15, 0.2) is 48.5 Å². The quantitative estimate of drug-likeness (QED) is 0.409. The highest BCUT2D eigenvalue weighted by Gasteiger charge is 2.37. The van der Waals surface area contributed by atoms with Gasteiger partial charge in [0.2, 0.25) is 11.8 Å². The molecule has 2 aromatic carbocycles. The number of likely N-dealkylation sites (tertiary alicyclic amines) is 1. The van der Waals surface area contributed by atoms with Gasteiger partial charge in [0.15, 0.2) is 12.5 Å². The minimum Gasteiger partial charge on any atom is -0.343 e. The van der Waals surface area contributed by atoms with Gasteiger partial charge in [0.05, 0.1) is 17.1 Å². The van der Waals surface area contributed by atoms with E-state index in [2.05, 4.69) is 0 Å². The van der Waals surface area contributed by atoms with Gasteiger partial charge >= 0.3 is 0 Å². The number of anilines is 3. The topological polar surface area (TPSA) is 60.9 Å². The van der Waals surface area contributed by atoms with Crippen LogP contribution in [0, 0.1) is 5.82 Å². The van der Waals surface area contributed by atoms with E-state index in [4.69, 9.17) is 0 Å². The van der Waals surface area contributed by atoms with Gasteiger partial charge in [-0.3, -0.25) is 19.3 Å². The first-order valence-corrected chi connectivity index (χ1v) is 9.79. The van der Waals surface area contributed by atoms with Gasteiger partial charge in [-0.05, 0) is 37.1 Å². The summed E-state index contributed by atoms with van der Waals surface area (Å²) >= 11 is 0. The van der Waals surface area contributed by atoms with Crippen LogP contribution in [0.25, 0.3) is 0 Å². The van der Waals surface area contributed by atoms with Crippen LogP contribution in [0.4, 0.5) is 21.5 Å². The number of carbonyl (C=O) groups excluding carboxylic acids is 3. The summed E-state index contributed by atoms with van der Waals surface area (Å²) in [5.74, 6) is -0.613. The van der Waals surface area contributed by atoms with E-state index in [9.17, 15) is 18.8 Å². The molecule has 29 heavy (non-hydrogen) atoms. The highest BCUT2D eigenvalue weighted by molar-refractivity contribution is 6.01. The number of hydrogen-bond acceptors (Lipinski definition) is 5. The van der Waals surface area contributed by atoms with Crippen LogP contribution in [0.3, 0.4) is 0 Å². The molecule has 0 N–H and O–H groups in total. The Labute approximate surface area is 168 Å². The molecule has 1 unspecified atom stereocenters. The second-order valence-corrected chi connectivity index (χ2v) is 7.20. The lowest BCUT2D eigenvalue weighted by molar-refractivity contribution is -0.138. The van der Waals surface area contributed by atoms with E-state index < -0.39 is 6.17 Å². The summed E-state index contributed by atoms with van der Waals surface area (Å²) < 4.78 is 14.5. The van der Waals surface area contributed by atoms with Gasteiger partial charge in [0.25, 0.3) is 0 Å². The maximum atomic E-state index is 14.5. The van der Waals surface area contributed by atoms with Gasteiger partial charge in [-0.25, -0.2) is 4.39 Å². The molecule has 2 heterocycles. The molecule has 1 atom stereocenters. The molecule has 0 radical (unpaired) electrons. The molecule has 150 valence electrons. The maximum Gasteiger partial charge on any atom is 0.229 e. The number of unbranched alkanes of at least 4 members (excludes halogenated alkanes) is 1. The van der Waals surface area contributed by atoms with Crippen LogP contribution in [0.1, 0.15) is 25.7 Å². The zero-order valence-electron chi connectivity index (χ0n) is 16.0. The van der Waals surface area contributed by atoms with Crippen molar-refractivity contribution in [2.75, 3.05) is 22.9 Å². The summed E-state index contributed by atoms with van der Waals surface area (Å²) in [4.78, 5) is 40.5. The van der Waals surface area contributed by atoms with Crippen LogP contribution >= 0.6 is 0 Å². The Kier molecular flexibility index (Phi) is 5.29. The van der Waals surface area contributed by atoms with Crippen LogP contribution in [0.5, 0.6) is 0 Å². The van der Waals surface area contributed by atoms with Crippen molar-refractivity contribution in [2.24, 2.45) is 0 Å². The number of halogens is 1. The second kappa shape index (κ2) is 8.03. The van der Waals surface area contributed by atoms with E-state index >= 15 is 0 Å². The third-order valence-corrected chi connectivity index (χ3v) is 5.45. The molecule has 0 aliphatic carbocycles. The van der Waals surface area contributed by atoms with Gasteiger partial charge in [-0.15, -0.1) is 0 Å². The van der Waals surface area contributed by atoms with Crippen molar-refractivity contribution in [3.05, 3.63) is 54.3 Å². The van der Waals surface area contributed by atoms with E-state index in [0.717, 1.165) is 17.7 Å². The molecule has 2 amide bonds. The number of carbonyl (C=O) groups is 3. The van der Waals surface area contributed by atoms with Crippen molar-refractivity contribution in [3.63, 3.8) is 0 Å². The molecule has 1 fully saturated rings. The number of para-hydroxylation sites is 3. The zero-order valence-corrected chi connectivity index (χ0v) is 16.0. The fourth-order valence-corrected chi connectivity index (χ4v) is 4.07. The van der Waals surface area contributed by atoms with E-state index in [-0.39, 0.29) is 17.6 Å². The molecular weight excluding hydrogens is 373 g/mol. The van der Waals surface area contributed by atoms with Crippen LogP contribution < -0.4 is 9.80 Å². The van der Waals surface area contributed by atoms with Crippen LogP contribution in [-0.2, 0) is 14.4 Å². The van der Waals surface area contributed by atoms with Gasteiger partial charge in [-0.2, -0.15) is 0 Å². The summed E-state index contributed by atoms with van der Waals surface area (Å²) in [5, 5.41) is 0. The number of benzene rings is 2. The largest absolute Gasteiger partial charge is 0.343 e. The normalized spacial score (nSPS) is 18.5. The van der Waals surface area contributed by atoms with Crippen molar-refractivity contribution in [1.29, 1.82) is 0 Å². The van der Waals surface area contributed by atoms with Crippen molar-refractivity contribution in [1.82, 2.24) is 4.90 Å². The van der Waals surface area contributed by atoms with E-state index in [0.29, 0.717) is 44.5 Å². The second-order valence-electron chi connectivity index (χ2n) is 7.20. The first-order chi connectivity index (χ1) is 14.1. The number of imide groups is 1. The third-order valence-electron chi connectivity index (χ3n) is 5.45. The molecule has 2 aliphatic rings. The lowest BCUT2D eigenvalue weighted by Gasteiger charge is -2.29. The number of nitrogens with zero attached hydrogens (tertiary/aromatic N) is 3. The number of aldehydes is 1. The van der Waals surface area contributed by atoms with Crippen molar-refractivity contribution in [2.45, 2.75) is 31.8 Å². The van der Waals surface area contributed by atoms with Gasteiger partial charge < -0.3 is 9.80 Å². The predicted molar refractivity (Wildman–Crippen MR) is 107 cm³/mol. The van der Waals surface area contributed by atoms with Gasteiger partial charge in [0, 0.05) is 25.9 Å². The molecule has 2 aliphatic heterocycles. The van der Waals surface area contributed by atoms with Gasteiger partial charge in [-0.1, -0.05) is 24.3 Å². The Morgan fingerprint density at radius 3 is 2.10 bits per heavy atom. The van der Waals surface area contributed by atoms with Crippen LogP contribution in [-0.4, -0.2) is 42.3 Å². The molecule has 7 heteroatoms. The first-order valence-electron chi connectivity index (χ1n) is 9.79. The van der Waals surface area contributed by atoms with Crippen molar-refractivity contribution >= 4 is 35.2 Å². The summed E-state index contributed by atoms with van der Waals surface area (Å²) in [6, 6.07) is 14.0. The standard InChI is InChI=1S/C22H22FN3O3/c23-16-7-1-2-8-17(16)26-19-10-4-3-9-18(19)24(20(26)15-27)13-5-6-14-25-21(28)11-12-22(25)29/h1-4,7-10,15,20H,5-6,11-14H2. The maximum absolute atomic E-state index is 14.5. The smallest absolute Gasteiger partial charge is 0.229 e. The Bertz CT molecular complexity index is 932. The number of fused-ring (bicyclic) bond motifs is 1. The Hall–Kier alpha value is -3.22. The molecule has 6 nitrogen and oxygen atoms in total. The summed E-state index contributed by atoms with van der Waals surface area (Å²) in [6.45, 7) is 0.956. The molecule has 0 spiro atoms. The molecule has 0 bridgehead atoms. The van der Waals surface area contributed by atoms with E-state index in [1.807, 2.05) is 29.2 Å². The van der Waals surface area contributed by atoms with E-state index in [1.54, 1.807) is 23.1 Å². The lowest BCUT2D eigenvalue weighted by Crippen LogP contribution is -2.43. The molecule has 2 aromatic rings. The van der Waals surface area contributed by atoms with Crippen LogP contribution in [0.2, 0.25) is 0 Å². The molecule has 0 saturated carbocycles. The number of hydrogen-bond donors (Lipinski definition) is 0. The number of amides is 2. The average Bonchev–Trinajstić information content (AvgIpc) is 3.22. The van der Waals surface area contributed by atoms with E-state index in [1.165, 1.54) is 11.0 Å². The Morgan fingerprint density at radius 1 is 0.862 bits per heavy atom. The van der Waals surface area contributed by atoms with Crippen molar-refractivity contribution < 1.29 is 18.8 Å². The monoisotopic (exact) mass is 395 g/mol. The lowest BCUT2D eigenvalue weighted by atomic mass is 10.2. The third kappa shape index (κ3) is 3.48. The zero-order chi connectivity index (χ0) is 20.4. The summed E-state index contributed by atoms with van der Waals surface area (Å²) in [5.41, 5.74) is 1.99. The highest BCUT2D eigenvalue weighted by Crippen LogP contribution is 2.44. The predicted octanol–water partition coefficient (Wildman–Crippen LogP) is 3.24. The Balaban J connectivity index is 1.51. The SMILES string of the molecule is O=CC1N(CCCCN2C(=O)CCC2=O)c2ccccc2N1c1ccccc1F. The number of rotatable bonds is 7. The molecule has 4 rings (SSSR count). The molecular formula is C22H22FN3O3.